The number of hydrogen-bond acceptors (Lipinski definition) is 18. The third-order valence-corrected chi connectivity index (χ3v) is 7.41. The van der Waals surface area contributed by atoms with Crippen LogP contribution in [0.2, 0.25) is 0 Å². The van der Waals surface area contributed by atoms with Gasteiger partial charge in [0.1, 0.15) is 71.3 Å². The first-order chi connectivity index (χ1) is 21.3. The summed E-state index contributed by atoms with van der Waals surface area (Å²) in [5, 5.41) is 121. The summed E-state index contributed by atoms with van der Waals surface area (Å²) < 4.78 is 27.7. The summed E-state index contributed by atoms with van der Waals surface area (Å²) in [7, 11) is 0. The zero-order valence-electron chi connectivity index (χ0n) is 22.8. The van der Waals surface area contributed by atoms with Crippen molar-refractivity contribution in [2.45, 2.75) is 61.4 Å². The Balaban J connectivity index is 1.68. The molecule has 18 heteroatoms. The average Bonchev–Trinajstić information content (AvgIpc) is 3.00. The van der Waals surface area contributed by atoms with Crippen LogP contribution < -0.4 is 14.9 Å². The van der Waals surface area contributed by atoms with Crippen molar-refractivity contribution in [2.75, 3.05) is 13.2 Å². The van der Waals surface area contributed by atoms with Crippen LogP contribution in [0.1, 0.15) is 0 Å². The van der Waals surface area contributed by atoms with Gasteiger partial charge in [0.15, 0.2) is 23.0 Å². The van der Waals surface area contributed by atoms with Gasteiger partial charge in [-0.3, -0.25) is 4.79 Å². The van der Waals surface area contributed by atoms with Crippen LogP contribution in [0.15, 0.2) is 33.5 Å². The maximum absolute atomic E-state index is 14.1. The van der Waals surface area contributed by atoms with Crippen LogP contribution in [0.25, 0.3) is 22.3 Å². The van der Waals surface area contributed by atoms with E-state index in [0.29, 0.717) is 0 Å². The highest BCUT2D eigenvalue weighted by Gasteiger charge is 2.47. The first kappa shape index (κ1) is 32.4. The van der Waals surface area contributed by atoms with Gasteiger partial charge in [0.2, 0.25) is 23.8 Å². The zero-order chi connectivity index (χ0) is 32.9. The topological polar surface area (TPSA) is 310 Å². The highest BCUT2D eigenvalue weighted by molar-refractivity contribution is 5.89. The number of benzene rings is 2. The fraction of sp³-hybridized carbons (Fsp3) is 0.444. The number of phenolic OH excluding ortho intramolecular Hbond substituents is 4. The van der Waals surface area contributed by atoms with Gasteiger partial charge in [0, 0.05) is 17.7 Å². The molecule has 2 saturated heterocycles. The summed E-state index contributed by atoms with van der Waals surface area (Å²) in [6, 6.07) is 3.54. The minimum atomic E-state index is -2.02. The van der Waals surface area contributed by atoms with E-state index in [9.17, 15) is 66.1 Å². The maximum atomic E-state index is 14.1. The summed E-state index contributed by atoms with van der Waals surface area (Å²) in [5.41, 5.74) is -1.90. The number of ether oxygens (including phenoxy) is 4. The van der Waals surface area contributed by atoms with Gasteiger partial charge >= 0.3 is 0 Å². The Kier molecular flexibility index (Phi) is 8.97. The van der Waals surface area contributed by atoms with Crippen LogP contribution in [-0.4, -0.2) is 136 Å². The lowest BCUT2D eigenvalue weighted by molar-refractivity contribution is -0.277. The number of aromatic hydroxyl groups is 4. The van der Waals surface area contributed by atoms with Gasteiger partial charge in [-0.2, -0.15) is 0 Å². The number of hydrogen-bond donors (Lipinski definition) is 12. The lowest BCUT2D eigenvalue weighted by atomic mass is 9.99. The van der Waals surface area contributed by atoms with Gasteiger partial charge in [0.05, 0.1) is 13.2 Å². The predicted molar refractivity (Wildman–Crippen MR) is 143 cm³/mol. The maximum Gasteiger partial charge on any atom is 0.239 e. The standard InChI is InChI=1S/C27H30O18/c28-5-13-17(34)20(37)22(39)26(43-13)42-12-4-8(30)3-11-15(12)19(36)25(24(41-11)7-1-9(31)16(33)10(32)2-7)45-27-23(40)21(38)18(35)14(6-29)44-27/h1-4,13-14,17-18,20-23,26-35,37-40H,5-6H2/t13-,14-,17-,18-,20+,21+,22-,23-,26-,27+/m1/s1. The molecule has 1 aromatic heterocycles. The number of aliphatic hydroxyl groups excluding tert-OH is 8. The van der Waals surface area contributed by atoms with Crippen molar-refractivity contribution in [3.63, 3.8) is 0 Å². The first-order valence-corrected chi connectivity index (χ1v) is 13.3. The third-order valence-electron chi connectivity index (χ3n) is 7.41. The minimum Gasteiger partial charge on any atom is -0.508 e. The molecule has 18 nitrogen and oxygen atoms in total. The Hall–Kier alpha value is -3.95. The number of rotatable bonds is 7. The molecule has 5 rings (SSSR count). The van der Waals surface area contributed by atoms with E-state index < -0.39 is 131 Å². The van der Waals surface area contributed by atoms with Crippen LogP contribution >= 0.6 is 0 Å². The highest BCUT2D eigenvalue weighted by atomic mass is 16.7. The largest absolute Gasteiger partial charge is 0.508 e. The molecule has 12 N–H and O–H groups in total. The van der Waals surface area contributed by atoms with Crippen molar-refractivity contribution in [3.8, 4) is 45.8 Å². The van der Waals surface area contributed by atoms with Gasteiger partial charge in [-0.25, -0.2) is 0 Å². The lowest BCUT2D eigenvalue weighted by Crippen LogP contribution is -2.60. The molecule has 10 atom stereocenters. The summed E-state index contributed by atoms with van der Waals surface area (Å²) in [5.74, 6) is -5.23. The monoisotopic (exact) mass is 642 g/mol. The Bertz CT molecular complexity index is 1580. The quantitative estimate of drug-likeness (QED) is 0.112. The summed E-state index contributed by atoms with van der Waals surface area (Å²) in [6.45, 7) is -1.65. The molecule has 3 aromatic rings. The Morgan fingerprint density at radius 2 is 1.18 bits per heavy atom. The third kappa shape index (κ3) is 5.79. The van der Waals surface area contributed by atoms with Gasteiger partial charge < -0.3 is 84.6 Å². The molecular weight excluding hydrogens is 612 g/mol. The molecule has 45 heavy (non-hydrogen) atoms. The molecule has 0 unspecified atom stereocenters. The molecule has 0 radical (unpaired) electrons. The summed E-state index contributed by atoms with van der Waals surface area (Å²) in [4.78, 5) is 14.1. The average molecular weight is 643 g/mol. The Labute approximate surface area is 250 Å². The number of aliphatic hydroxyl groups is 8. The van der Waals surface area contributed by atoms with Crippen molar-refractivity contribution in [1.29, 1.82) is 0 Å². The predicted octanol–water partition coefficient (Wildman–Crippen LogP) is -3.36. The molecule has 2 aliphatic rings. The normalized spacial score (nSPS) is 32.0. The molecule has 0 bridgehead atoms. The van der Waals surface area contributed by atoms with Crippen LogP contribution in [0.5, 0.6) is 34.5 Å². The van der Waals surface area contributed by atoms with Crippen LogP contribution in [-0.2, 0) is 9.47 Å². The molecule has 0 spiro atoms. The zero-order valence-corrected chi connectivity index (χ0v) is 22.8. The molecule has 2 fully saturated rings. The minimum absolute atomic E-state index is 0.305. The van der Waals surface area contributed by atoms with E-state index in [-0.39, 0.29) is 5.56 Å². The Morgan fingerprint density at radius 1 is 0.667 bits per heavy atom. The molecule has 0 saturated carbocycles. The van der Waals surface area contributed by atoms with E-state index in [2.05, 4.69) is 0 Å². The van der Waals surface area contributed by atoms with Gasteiger partial charge in [-0.15, -0.1) is 0 Å². The van der Waals surface area contributed by atoms with E-state index in [1.165, 1.54) is 0 Å². The second kappa shape index (κ2) is 12.4. The second-order valence-electron chi connectivity index (χ2n) is 10.4. The summed E-state index contributed by atoms with van der Waals surface area (Å²) in [6.07, 6.45) is -17.9. The van der Waals surface area contributed by atoms with Gasteiger partial charge in [0.25, 0.3) is 0 Å². The van der Waals surface area contributed by atoms with E-state index in [4.69, 9.17) is 23.4 Å². The van der Waals surface area contributed by atoms with E-state index >= 15 is 0 Å². The highest BCUT2D eigenvalue weighted by Crippen LogP contribution is 2.43. The fourth-order valence-electron chi connectivity index (χ4n) is 4.95. The van der Waals surface area contributed by atoms with Crippen molar-refractivity contribution in [2.24, 2.45) is 0 Å². The first-order valence-electron chi connectivity index (χ1n) is 13.3. The van der Waals surface area contributed by atoms with Crippen molar-refractivity contribution in [3.05, 3.63) is 34.5 Å². The lowest BCUT2D eigenvalue weighted by Gasteiger charge is -2.39. The van der Waals surface area contributed by atoms with Crippen molar-refractivity contribution < 1.29 is 84.6 Å². The number of phenols is 4. The second-order valence-corrected chi connectivity index (χ2v) is 10.4. The van der Waals surface area contributed by atoms with E-state index in [1.807, 2.05) is 0 Å². The van der Waals surface area contributed by atoms with E-state index in [0.717, 1.165) is 24.3 Å². The SMILES string of the molecule is O=c1c(O[C@@H]2O[C@H](CO)[C@@H](O)[C@H](O)[C@H]2O)c(-c2cc(O)c(O)c(O)c2)oc2cc(O)cc(O[C@@H]3O[C@H](CO)[C@@H](O)[C@H](O)[C@H]3O)c12. The van der Waals surface area contributed by atoms with Crippen molar-refractivity contribution >= 4 is 11.0 Å². The van der Waals surface area contributed by atoms with Crippen LogP contribution in [0.4, 0.5) is 0 Å². The number of fused-ring (bicyclic) bond motifs is 1. The van der Waals surface area contributed by atoms with Gasteiger partial charge in [-0.1, -0.05) is 0 Å². The van der Waals surface area contributed by atoms with Crippen molar-refractivity contribution in [1.82, 2.24) is 0 Å². The molecule has 246 valence electrons. The summed E-state index contributed by atoms with van der Waals surface area (Å²) >= 11 is 0. The van der Waals surface area contributed by atoms with Crippen LogP contribution in [0, 0.1) is 0 Å². The van der Waals surface area contributed by atoms with Gasteiger partial charge in [-0.05, 0) is 12.1 Å². The fourth-order valence-corrected chi connectivity index (χ4v) is 4.95. The molecule has 0 aliphatic carbocycles. The smallest absolute Gasteiger partial charge is 0.239 e. The molecule has 3 heterocycles. The molecule has 2 aromatic carbocycles. The molecule has 2 aliphatic heterocycles. The Morgan fingerprint density at radius 3 is 1.69 bits per heavy atom. The van der Waals surface area contributed by atoms with Crippen LogP contribution in [0.3, 0.4) is 0 Å². The molecule has 0 amide bonds. The molecular formula is C27H30O18. The van der Waals surface area contributed by atoms with E-state index in [1.54, 1.807) is 0 Å².